The lowest BCUT2D eigenvalue weighted by molar-refractivity contribution is -0.184. The van der Waals surface area contributed by atoms with E-state index >= 15 is 0 Å². The summed E-state index contributed by atoms with van der Waals surface area (Å²) in [6.07, 6.45) is 11.7. The number of allylic oxidation sites excluding steroid dienone is 2. The van der Waals surface area contributed by atoms with Gasteiger partial charge in [0.1, 0.15) is 0 Å². The Morgan fingerprint density at radius 2 is 2.19 bits per heavy atom. The standard InChI is InChI=1S/C15H24O/c1-12(2)6-5-9-15(4)13-7-10-14(3,16-15)11-8-13/h6-7,10,13H,5,8-9,11H2,1-4H3/t13-,14+,15-/m0/s1. The predicted molar refractivity (Wildman–Crippen MR) is 68.4 cm³/mol. The van der Waals surface area contributed by atoms with E-state index < -0.39 is 0 Å². The molecule has 0 amide bonds. The van der Waals surface area contributed by atoms with Crippen LogP contribution in [0.5, 0.6) is 0 Å². The second-order valence-corrected chi connectivity index (χ2v) is 6.05. The van der Waals surface area contributed by atoms with Crippen LogP contribution in [-0.4, -0.2) is 11.2 Å². The molecule has 2 heterocycles. The number of hydrogen-bond acceptors (Lipinski definition) is 1. The van der Waals surface area contributed by atoms with Crippen LogP contribution in [0, 0.1) is 5.92 Å². The largest absolute Gasteiger partial charge is 0.364 e. The molecular formula is C15H24O. The van der Waals surface area contributed by atoms with Gasteiger partial charge in [-0.2, -0.15) is 0 Å². The molecule has 3 rings (SSSR count). The van der Waals surface area contributed by atoms with Gasteiger partial charge in [0.2, 0.25) is 0 Å². The van der Waals surface area contributed by atoms with Crippen LogP contribution in [0.2, 0.25) is 0 Å². The Morgan fingerprint density at radius 3 is 2.69 bits per heavy atom. The summed E-state index contributed by atoms with van der Waals surface area (Å²) in [7, 11) is 0. The molecule has 0 aromatic heterocycles. The van der Waals surface area contributed by atoms with Gasteiger partial charge in [-0.25, -0.2) is 0 Å². The Balaban J connectivity index is 2.04. The van der Waals surface area contributed by atoms with Gasteiger partial charge in [0.05, 0.1) is 11.2 Å². The summed E-state index contributed by atoms with van der Waals surface area (Å²) in [5.41, 5.74) is 1.48. The topological polar surface area (TPSA) is 9.23 Å². The highest BCUT2D eigenvalue weighted by molar-refractivity contribution is 5.17. The van der Waals surface area contributed by atoms with Gasteiger partial charge in [-0.1, -0.05) is 23.8 Å². The van der Waals surface area contributed by atoms with Gasteiger partial charge in [-0.3, -0.25) is 0 Å². The fourth-order valence-corrected chi connectivity index (χ4v) is 3.03. The molecule has 90 valence electrons. The molecule has 1 aliphatic carbocycles. The molecule has 3 atom stereocenters. The van der Waals surface area contributed by atoms with Gasteiger partial charge in [0, 0.05) is 5.92 Å². The third-order valence-corrected chi connectivity index (χ3v) is 4.08. The minimum absolute atomic E-state index is 0.00841. The first-order valence-corrected chi connectivity index (χ1v) is 6.46. The molecule has 0 N–H and O–H groups in total. The molecule has 2 bridgehead atoms. The van der Waals surface area contributed by atoms with Crippen LogP contribution in [0.25, 0.3) is 0 Å². The lowest BCUT2D eigenvalue weighted by Crippen LogP contribution is -2.52. The summed E-state index contributed by atoms with van der Waals surface area (Å²) in [5.74, 6) is 0.625. The summed E-state index contributed by atoms with van der Waals surface area (Å²) in [4.78, 5) is 0. The van der Waals surface area contributed by atoms with E-state index in [1.807, 2.05) is 0 Å². The summed E-state index contributed by atoms with van der Waals surface area (Å²) in [5, 5.41) is 0. The predicted octanol–water partition coefficient (Wildman–Crippen LogP) is 4.25. The Morgan fingerprint density at radius 1 is 1.44 bits per heavy atom. The molecule has 0 spiro atoms. The van der Waals surface area contributed by atoms with Crippen molar-refractivity contribution in [2.75, 3.05) is 0 Å². The lowest BCUT2D eigenvalue weighted by Gasteiger charge is -2.51. The van der Waals surface area contributed by atoms with Crippen LogP contribution >= 0.6 is 0 Å². The quantitative estimate of drug-likeness (QED) is 0.646. The van der Waals surface area contributed by atoms with Crippen molar-refractivity contribution >= 4 is 0 Å². The third-order valence-electron chi connectivity index (χ3n) is 4.08. The summed E-state index contributed by atoms with van der Waals surface area (Å²) in [6, 6.07) is 0. The van der Waals surface area contributed by atoms with E-state index in [9.17, 15) is 0 Å². The van der Waals surface area contributed by atoms with Crippen LogP contribution in [-0.2, 0) is 4.74 Å². The molecule has 0 aromatic rings. The van der Waals surface area contributed by atoms with Crippen molar-refractivity contribution in [3.63, 3.8) is 0 Å². The molecule has 1 heteroatoms. The molecule has 16 heavy (non-hydrogen) atoms. The number of hydrogen-bond donors (Lipinski definition) is 0. The Bertz CT molecular complexity index is 324. The van der Waals surface area contributed by atoms with Crippen LogP contribution in [0.1, 0.15) is 53.4 Å². The SMILES string of the molecule is CC(C)=CCC[C@]1(C)O[C@]2(C)C=C[C@H]1CC2. The van der Waals surface area contributed by atoms with Gasteiger partial charge in [0.25, 0.3) is 0 Å². The van der Waals surface area contributed by atoms with Crippen molar-refractivity contribution in [3.05, 3.63) is 23.8 Å². The van der Waals surface area contributed by atoms with Gasteiger partial charge < -0.3 is 4.74 Å². The highest BCUT2D eigenvalue weighted by Crippen LogP contribution is 2.47. The smallest absolute Gasteiger partial charge is 0.0842 e. The lowest BCUT2D eigenvalue weighted by atomic mass is 9.71. The average Bonchev–Trinajstić information content (AvgIpc) is 2.16. The maximum absolute atomic E-state index is 6.33. The third kappa shape index (κ3) is 2.24. The van der Waals surface area contributed by atoms with Crippen LogP contribution in [0.3, 0.4) is 0 Å². The maximum atomic E-state index is 6.33. The fourth-order valence-electron chi connectivity index (χ4n) is 3.03. The fraction of sp³-hybridized carbons (Fsp3) is 0.733. The van der Waals surface area contributed by atoms with Crippen LogP contribution < -0.4 is 0 Å². The summed E-state index contributed by atoms with van der Waals surface area (Å²) in [6.45, 7) is 8.84. The van der Waals surface area contributed by atoms with E-state index in [-0.39, 0.29) is 11.2 Å². The maximum Gasteiger partial charge on any atom is 0.0842 e. The van der Waals surface area contributed by atoms with Crippen molar-refractivity contribution in [3.8, 4) is 0 Å². The van der Waals surface area contributed by atoms with Crippen molar-refractivity contribution < 1.29 is 4.74 Å². The molecule has 3 aliphatic rings. The van der Waals surface area contributed by atoms with Gasteiger partial charge in [-0.15, -0.1) is 0 Å². The van der Waals surface area contributed by atoms with Gasteiger partial charge in [-0.05, 0) is 53.4 Å². The summed E-state index contributed by atoms with van der Waals surface area (Å²) >= 11 is 0. The second kappa shape index (κ2) is 4.03. The monoisotopic (exact) mass is 220 g/mol. The highest BCUT2D eigenvalue weighted by atomic mass is 16.5. The zero-order valence-corrected chi connectivity index (χ0v) is 11.0. The van der Waals surface area contributed by atoms with Crippen molar-refractivity contribution in [1.29, 1.82) is 0 Å². The Kier molecular flexibility index (Phi) is 3.00. The normalized spacial score (nSPS) is 41.1. The van der Waals surface area contributed by atoms with Crippen molar-refractivity contribution in [2.45, 2.75) is 64.6 Å². The summed E-state index contributed by atoms with van der Waals surface area (Å²) < 4.78 is 6.33. The zero-order valence-electron chi connectivity index (χ0n) is 11.0. The van der Waals surface area contributed by atoms with E-state index in [0.29, 0.717) is 5.92 Å². The molecule has 0 aromatic carbocycles. The molecule has 1 fully saturated rings. The minimum Gasteiger partial charge on any atom is -0.364 e. The van der Waals surface area contributed by atoms with Crippen molar-refractivity contribution in [2.24, 2.45) is 5.92 Å². The molecule has 1 saturated heterocycles. The first-order valence-electron chi connectivity index (χ1n) is 6.46. The Hall–Kier alpha value is -0.560. The minimum atomic E-state index is 0.00841. The van der Waals surface area contributed by atoms with E-state index in [4.69, 9.17) is 4.74 Å². The molecule has 0 radical (unpaired) electrons. The number of ether oxygens (including phenoxy) is 1. The van der Waals surface area contributed by atoms with Crippen molar-refractivity contribution in [1.82, 2.24) is 0 Å². The van der Waals surface area contributed by atoms with E-state index in [2.05, 4.69) is 45.9 Å². The molecule has 1 nitrogen and oxygen atoms in total. The number of rotatable bonds is 3. The van der Waals surface area contributed by atoms with Gasteiger partial charge >= 0.3 is 0 Å². The van der Waals surface area contributed by atoms with Gasteiger partial charge in [0.15, 0.2) is 0 Å². The van der Waals surface area contributed by atoms with E-state index in [1.54, 1.807) is 0 Å². The van der Waals surface area contributed by atoms with E-state index in [0.717, 1.165) is 12.8 Å². The van der Waals surface area contributed by atoms with E-state index in [1.165, 1.54) is 18.4 Å². The number of fused-ring (bicyclic) bond motifs is 2. The zero-order chi connectivity index (χ0) is 11.8. The first kappa shape index (κ1) is 11.9. The van der Waals surface area contributed by atoms with Crippen LogP contribution in [0.15, 0.2) is 23.8 Å². The molecule has 0 saturated carbocycles. The second-order valence-electron chi connectivity index (χ2n) is 6.05. The Labute approximate surface area is 99.6 Å². The molecular weight excluding hydrogens is 196 g/mol. The molecule has 2 aliphatic heterocycles. The molecule has 0 unspecified atom stereocenters. The first-order chi connectivity index (χ1) is 7.44. The van der Waals surface area contributed by atoms with Crippen LogP contribution in [0.4, 0.5) is 0 Å². The highest BCUT2D eigenvalue weighted by Gasteiger charge is 2.47. The average molecular weight is 220 g/mol.